The molecule has 10 nitrogen and oxygen atoms in total. The zero-order valence-corrected chi connectivity index (χ0v) is 21.3. The van der Waals surface area contributed by atoms with Crippen LogP contribution in [0.15, 0.2) is 36.8 Å². The van der Waals surface area contributed by atoms with E-state index in [9.17, 15) is 27.9 Å². The van der Waals surface area contributed by atoms with E-state index in [1.807, 2.05) is 0 Å². The molecule has 0 unspecified atom stereocenters. The molecule has 1 saturated heterocycles. The van der Waals surface area contributed by atoms with Crippen LogP contribution in [0.1, 0.15) is 34.7 Å². The van der Waals surface area contributed by atoms with Crippen molar-refractivity contribution in [3.8, 4) is 16.3 Å². The van der Waals surface area contributed by atoms with Gasteiger partial charge in [0.2, 0.25) is 5.82 Å². The second-order valence-electron chi connectivity index (χ2n) is 8.28. The Morgan fingerprint density at radius 2 is 2.00 bits per heavy atom. The standard InChI is InChI=1S/C23H21ClF3N5O5S/c1-12(15-7-29-21(30-8-15)23(25,26)27)31-19(33)13-4-14(20-28-9-18(24)38-20)6-16(5-13)37-11-17-10-32(22(34)35)2-3-36-17/h4-9,12,17H,2-3,10-11H2,1H3,(H,31,33)(H,34,35)/t12-,17+/m1/s1. The molecule has 2 atom stereocenters. The van der Waals surface area contributed by atoms with E-state index < -0.39 is 36.1 Å². The SMILES string of the molecule is C[C@@H](NC(=O)c1cc(OC[C@@H]2CN(C(=O)O)CCO2)cc(-c2ncc(Cl)s2)c1)c1cnc(C(F)(F)F)nc1. The minimum Gasteiger partial charge on any atom is -0.491 e. The van der Waals surface area contributed by atoms with Crippen LogP contribution in [-0.2, 0) is 10.9 Å². The fraction of sp³-hybridized carbons (Fsp3) is 0.348. The number of carbonyl (C=O) groups excluding carboxylic acids is 1. The van der Waals surface area contributed by atoms with Crippen molar-refractivity contribution in [2.45, 2.75) is 25.2 Å². The smallest absolute Gasteiger partial charge is 0.451 e. The lowest BCUT2D eigenvalue weighted by Crippen LogP contribution is -2.47. The number of carboxylic acid groups (broad SMARTS) is 1. The van der Waals surface area contributed by atoms with Crippen molar-refractivity contribution in [3.05, 3.63) is 58.1 Å². The number of thiazole rings is 1. The topological polar surface area (TPSA) is 127 Å². The van der Waals surface area contributed by atoms with E-state index >= 15 is 0 Å². The van der Waals surface area contributed by atoms with Crippen molar-refractivity contribution in [3.63, 3.8) is 0 Å². The number of halogens is 4. The molecule has 202 valence electrons. The summed E-state index contributed by atoms with van der Waals surface area (Å²) in [5, 5.41) is 12.5. The number of hydrogen-bond donors (Lipinski definition) is 2. The first-order valence-electron chi connectivity index (χ1n) is 11.2. The van der Waals surface area contributed by atoms with Gasteiger partial charge in [-0.3, -0.25) is 4.79 Å². The number of aromatic nitrogens is 3. The van der Waals surface area contributed by atoms with Crippen molar-refractivity contribution in [1.82, 2.24) is 25.2 Å². The molecule has 1 aromatic carbocycles. The van der Waals surface area contributed by atoms with E-state index in [1.54, 1.807) is 19.1 Å². The molecule has 1 aliphatic heterocycles. The van der Waals surface area contributed by atoms with Crippen molar-refractivity contribution in [2.24, 2.45) is 0 Å². The third-order valence-corrected chi connectivity index (χ3v) is 6.68. The van der Waals surface area contributed by atoms with Gasteiger partial charge in [0.05, 0.1) is 25.4 Å². The normalized spacial score (nSPS) is 16.7. The molecule has 3 aromatic rings. The van der Waals surface area contributed by atoms with E-state index in [-0.39, 0.29) is 37.4 Å². The van der Waals surface area contributed by atoms with Gasteiger partial charge in [-0.15, -0.1) is 11.3 Å². The monoisotopic (exact) mass is 571 g/mol. The van der Waals surface area contributed by atoms with E-state index in [0.717, 1.165) is 12.4 Å². The number of rotatable bonds is 7. The molecule has 0 aliphatic carbocycles. The molecule has 0 bridgehead atoms. The summed E-state index contributed by atoms with van der Waals surface area (Å²) in [6, 6.07) is 4.03. The van der Waals surface area contributed by atoms with Crippen LogP contribution >= 0.6 is 22.9 Å². The molecule has 0 saturated carbocycles. The lowest BCUT2D eigenvalue weighted by Gasteiger charge is -2.30. The van der Waals surface area contributed by atoms with Gasteiger partial charge in [0.1, 0.15) is 27.8 Å². The Balaban J connectivity index is 1.52. The summed E-state index contributed by atoms with van der Waals surface area (Å²) < 4.78 is 50.1. The second-order valence-corrected chi connectivity index (χ2v) is 9.94. The number of alkyl halides is 3. The fourth-order valence-corrected chi connectivity index (χ4v) is 4.48. The number of nitrogens with zero attached hydrogens (tertiary/aromatic N) is 4. The van der Waals surface area contributed by atoms with Gasteiger partial charge in [0.15, 0.2) is 0 Å². The predicted octanol–water partition coefficient (Wildman–Crippen LogP) is 4.52. The molecular formula is C23H21ClF3N5O5S. The van der Waals surface area contributed by atoms with Crippen LogP contribution in [0, 0.1) is 0 Å². The van der Waals surface area contributed by atoms with Gasteiger partial charge >= 0.3 is 12.3 Å². The van der Waals surface area contributed by atoms with Crippen LogP contribution in [0.2, 0.25) is 4.34 Å². The molecular weight excluding hydrogens is 551 g/mol. The fourth-order valence-electron chi connectivity index (χ4n) is 3.58. The molecule has 4 rings (SSSR count). The van der Waals surface area contributed by atoms with Gasteiger partial charge < -0.3 is 24.8 Å². The van der Waals surface area contributed by atoms with Gasteiger partial charge in [-0.25, -0.2) is 19.7 Å². The highest BCUT2D eigenvalue weighted by Gasteiger charge is 2.34. The van der Waals surface area contributed by atoms with Gasteiger partial charge in [-0.2, -0.15) is 13.2 Å². The highest BCUT2D eigenvalue weighted by Crippen LogP contribution is 2.32. The zero-order chi connectivity index (χ0) is 27.4. The number of ether oxygens (including phenoxy) is 2. The largest absolute Gasteiger partial charge is 0.491 e. The van der Waals surface area contributed by atoms with Crippen LogP contribution in [0.5, 0.6) is 5.75 Å². The number of benzene rings is 1. The average Bonchev–Trinajstić information content (AvgIpc) is 3.33. The summed E-state index contributed by atoms with van der Waals surface area (Å²) in [6.45, 7) is 2.25. The molecule has 0 radical (unpaired) electrons. The predicted molar refractivity (Wildman–Crippen MR) is 130 cm³/mol. The highest BCUT2D eigenvalue weighted by molar-refractivity contribution is 7.18. The highest BCUT2D eigenvalue weighted by atomic mass is 35.5. The van der Waals surface area contributed by atoms with Crippen molar-refractivity contribution >= 4 is 34.9 Å². The van der Waals surface area contributed by atoms with Crippen LogP contribution in [0.4, 0.5) is 18.0 Å². The second kappa shape index (κ2) is 11.5. The molecule has 0 spiro atoms. The Morgan fingerprint density at radius 3 is 2.63 bits per heavy atom. The Morgan fingerprint density at radius 1 is 1.26 bits per heavy atom. The van der Waals surface area contributed by atoms with Gasteiger partial charge in [-0.05, 0) is 25.1 Å². The van der Waals surface area contributed by atoms with E-state index in [4.69, 9.17) is 21.1 Å². The number of morpholine rings is 1. The van der Waals surface area contributed by atoms with Crippen LogP contribution < -0.4 is 10.1 Å². The minimum absolute atomic E-state index is 0.0339. The molecule has 2 aromatic heterocycles. The van der Waals surface area contributed by atoms with Crippen LogP contribution in [0.25, 0.3) is 10.6 Å². The van der Waals surface area contributed by atoms with Gasteiger partial charge in [-0.1, -0.05) is 11.6 Å². The quantitative estimate of drug-likeness (QED) is 0.424. The van der Waals surface area contributed by atoms with Crippen molar-refractivity contribution in [2.75, 3.05) is 26.3 Å². The lowest BCUT2D eigenvalue weighted by atomic mass is 10.1. The average molecular weight is 572 g/mol. The summed E-state index contributed by atoms with van der Waals surface area (Å²) in [5.74, 6) is -1.50. The first kappa shape index (κ1) is 27.5. The Hall–Kier alpha value is -3.49. The van der Waals surface area contributed by atoms with Gasteiger partial charge in [0, 0.05) is 35.6 Å². The third-order valence-electron chi connectivity index (χ3n) is 5.51. The minimum atomic E-state index is -4.67. The summed E-state index contributed by atoms with van der Waals surface area (Å²) in [5.41, 5.74) is 1.02. The molecule has 3 heterocycles. The lowest BCUT2D eigenvalue weighted by molar-refractivity contribution is -0.145. The summed E-state index contributed by atoms with van der Waals surface area (Å²) in [4.78, 5) is 36.5. The van der Waals surface area contributed by atoms with E-state index in [0.29, 0.717) is 20.7 Å². The summed E-state index contributed by atoms with van der Waals surface area (Å²) in [7, 11) is 0. The Bertz CT molecular complexity index is 1310. The Labute approximate surface area is 223 Å². The number of amides is 2. The van der Waals surface area contributed by atoms with Crippen LogP contribution in [-0.4, -0.2) is 69.4 Å². The Kier molecular flexibility index (Phi) is 8.33. The molecule has 2 N–H and O–H groups in total. The number of nitrogens with one attached hydrogen (secondary N) is 1. The zero-order valence-electron chi connectivity index (χ0n) is 19.7. The number of hydrogen-bond acceptors (Lipinski definition) is 8. The molecule has 1 fully saturated rings. The van der Waals surface area contributed by atoms with E-state index in [1.165, 1.54) is 28.5 Å². The number of carbonyl (C=O) groups is 2. The van der Waals surface area contributed by atoms with Crippen molar-refractivity contribution < 1.29 is 37.3 Å². The van der Waals surface area contributed by atoms with Gasteiger partial charge in [0.25, 0.3) is 5.91 Å². The van der Waals surface area contributed by atoms with E-state index in [2.05, 4.69) is 20.3 Å². The van der Waals surface area contributed by atoms with Crippen LogP contribution in [0.3, 0.4) is 0 Å². The maximum Gasteiger partial charge on any atom is 0.451 e. The first-order chi connectivity index (χ1) is 18.0. The maximum absolute atomic E-state index is 13.1. The third kappa shape index (κ3) is 6.88. The summed E-state index contributed by atoms with van der Waals surface area (Å²) >= 11 is 7.22. The molecule has 15 heteroatoms. The molecule has 2 amide bonds. The molecule has 1 aliphatic rings. The molecule has 38 heavy (non-hydrogen) atoms. The maximum atomic E-state index is 13.1. The first-order valence-corrected chi connectivity index (χ1v) is 12.4. The summed E-state index contributed by atoms with van der Waals surface area (Å²) in [6.07, 6.45) is -2.74. The van der Waals surface area contributed by atoms with Crippen molar-refractivity contribution in [1.29, 1.82) is 0 Å².